The topological polar surface area (TPSA) is 33.2 Å². The van der Waals surface area contributed by atoms with Gasteiger partial charge in [-0.25, -0.2) is 4.98 Å². The second kappa shape index (κ2) is 5.53. The van der Waals surface area contributed by atoms with E-state index in [1.165, 1.54) is 5.01 Å². The molecule has 2 rings (SSSR count). The zero-order valence-corrected chi connectivity index (χ0v) is 11.7. The molecule has 0 aromatic carbocycles. The minimum atomic E-state index is 0.0964. The van der Waals surface area contributed by atoms with Gasteiger partial charge in [-0.1, -0.05) is 13.8 Å². The van der Waals surface area contributed by atoms with Crippen LogP contribution in [-0.2, 0) is 11.2 Å². The van der Waals surface area contributed by atoms with Gasteiger partial charge in [0.15, 0.2) is 0 Å². The molecule has 1 amide bonds. The molecule has 1 aromatic heterocycles. The molecule has 3 nitrogen and oxygen atoms in total. The van der Waals surface area contributed by atoms with E-state index in [1.54, 1.807) is 11.3 Å². The van der Waals surface area contributed by atoms with E-state index in [2.05, 4.69) is 30.1 Å². The van der Waals surface area contributed by atoms with Crippen molar-refractivity contribution >= 4 is 17.2 Å². The molecule has 18 heavy (non-hydrogen) atoms. The summed E-state index contributed by atoms with van der Waals surface area (Å²) in [5, 5.41) is 3.26. The van der Waals surface area contributed by atoms with E-state index in [0.717, 1.165) is 18.7 Å². The normalized spacial score (nSPS) is 19.6. The van der Waals surface area contributed by atoms with Crippen LogP contribution in [-0.4, -0.2) is 28.9 Å². The Morgan fingerprint density at radius 1 is 1.67 bits per heavy atom. The van der Waals surface area contributed by atoms with Crippen molar-refractivity contribution in [3.8, 4) is 12.3 Å². The Morgan fingerprint density at radius 2 is 2.44 bits per heavy atom. The first-order chi connectivity index (χ1) is 8.60. The number of hydrogen-bond acceptors (Lipinski definition) is 3. The SMILES string of the molecule is C#CC1CC(=O)N(CCc2csc(C(C)C)n2)C1. The maximum atomic E-state index is 11.7. The molecule has 1 aliphatic heterocycles. The first-order valence-corrected chi connectivity index (χ1v) is 7.16. The molecule has 0 bridgehead atoms. The van der Waals surface area contributed by atoms with Crippen LogP contribution < -0.4 is 0 Å². The molecule has 96 valence electrons. The maximum Gasteiger partial charge on any atom is 0.223 e. The highest BCUT2D eigenvalue weighted by Gasteiger charge is 2.27. The van der Waals surface area contributed by atoms with Gasteiger partial charge in [0.25, 0.3) is 0 Å². The van der Waals surface area contributed by atoms with Gasteiger partial charge in [-0.15, -0.1) is 23.7 Å². The van der Waals surface area contributed by atoms with Gasteiger partial charge >= 0.3 is 0 Å². The second-order valence-corrected chi connectivity index (χ2v) is 5.88. The molecule has 1 atom stereocenters. The molecule has 0 N–H and O–H groups in total. The number of amides is 1. The highest BCUT2D eigenvalue weighted by atomic mass is 32.1. The Labute approximate surface area is 112 Å². The van der Waals surface area contributed by atoms with E-state index in [4.69, 9.17) is 6.42 Å². The molecule has 1 saturated heterocycles. The van der Waals surface area contributed by atoms with Crippen molar-refractivity contribution < 1.29 is 4.79 Å². The molecule has 2 heterocycles. The van der Waals surface area contributed by atoms with Crippen LogP contribution in [0.3, 0.4) is 0 Å². The van der Waals surface area contributed by atoms with Gasteiger partial charge in [0.2, 0.25) is 5.91 Å². The molecule has 0 radical (unpaired) electrons. The number of thiazole rings is 1. The monoisotopic (exact) mass is 262 g/mol. The molecule has 0 saturated carbocycles. The zero-order chi connectivity index (χ0) is 13.1. The summed E-state index contributed by atoms with van der Waals surface area (Å²) in [6, 6.07) is 0. The highest BCUT2D eigenvalue weighted by molar-refractivity contribution is 7.09. The van der Waals surface area contributed by atoms with Gasteiger partial charge in [0.1, 0.15) is 0 Å². The summed E-state index contributed by atoms with van der Waals surface area (Å²) < 4.78 is 0. The summed E-state index contributed by atoms with van der Waals surface area (Å²) >= 11 is 1.70. The van der Waals surface area contributed by atoms with Gasteiger partial charge in [0.05, 0.1) is 10.7 Å². The smallest absolute Gasteiger partial charge is 0.223 e. The number of nitrogens with zero attached hydrogens (tertiary/aromatic N) is 2. The Hall–Kier alpha value is -1.34. The average molecular weight is 262 g/mol. The number of carbonyl (C=O) groups is 1. The first kappa shape index (κ1) is 13.1. The first-order valence-electron chi connectivity index (χ1n) is 6.28. The summed E-state index contributed by atoms with van der Waals surface area (Å²) in [7, 11) is 0. The van der Waals surface area contributed by atoms with Crippen molar-refractivity contribution in [3.63, 3.8) is 0 Å². The van der Waals surface area contributed by atoms with Crippen LogP contribution in [0.15, 0.2) is 5.38 Å². The lowest BCUT2D eigenvalue weighted by atomic mass is 10.1. The van der Waals surface area contributed by atoms with E-state index >= 15 is 0 Å². The largest absolute Gasteiger partial charge is 0.341 e. The molecule has 1 aromatic rings. The third-order valence-corrected chi connectivity index (χ3v) is 4.35. The number of carbonyl (C=O) groups excluding carboxylic acids is 1. The van der Waals surface area contributed by atoms with Crippen LogP contribution in [0, 0.1) is 18.3 Å². The van der Waals surface area contributed by atoms with Gasteiger partial charge in [-0.3, -0.25) is 4.79 Å². The summed E-state index contributed by atoms with van der Waals surface area (Å²) in [6.45, 7) is 5.73. The third-order valence-electron chi connectivity index (χ3n) is 3.15. The lowest BCUT2D eigenvalue weighted by molar-refractivity contribution is -0.127. The maximum absolute atomic E-state index is 11.7. The van der Waals surface area contributed by atoms with Crippen molar-refractivity contribution in [2.45, 2.75) is 32.6 Å². The van der Waals surface area contributed by atoms with Crippen molar-refractivity contribution in [3.05, 3.63) is 16.1 Å². The van der Waals surface area contributed by atoms with Crippen molar-refractivity contribution in [2.24, 2.45) is 5.92 Å². The molecule has 4 heteroatoms. The van der Waals surface area contributed by atoms with Crippen LogP contribution in [0.2, 0.25) is 0 Å². The van der Waals surface area contributed by atoms with E-state index in [9.17, 15) is 4.79 Å². The van der Waals surface area contributed by atoms with Crippen LogP contribution in [0.4, 0.5) is 0 Å². The summed E-state index contributed by atoms with van der Waals surface area (Å²) in [4.78, 5) is 18.1. The highest BCUT2D eigenvalue weighted by Crippen LogP contribution is 2.21. The minimum Gasteiger partial charge on any atom is -0.341 e. The predicted molar refractivity (Wildman–Crippen MR) is 73.4 cm³/mol. The van der Waals surface area contributed by atoms with Gasteiger partial charge in [-0.05, 0) is 0 Å². The molecular weight excluding hydrogens is 244 g/mol. The predicted octanol–water partition coefficient (Wildman–Crippen LogP) is 2.29. The van der Waals surface area contributed by atoms with Gasteiger partial charge in [0, 0.05) is 43.1 Å². The third kappa shape index (κ3) is 2.91. The van der Waals surface area contributed by atoms with Crippen LogP contribution in [0.5, 0.6) is 0 Å². The molecule has 1 unspecified atom stereocenters. The number of hydrogen-bond donors (Lipinski definition) is 0. The van der Waals surface area contributed by atoms with Gasteiger partial charge < -0.3 is 4.90 Å². The summed E-state index contributed by atoms with van der Waals surface area (Å²) in [5.74, 6) is 3.41. The Bertz CT molecular complexity index is 472. The van der Waals surface area contributed by atoms with E-state index in [1.807, 2.05) is 4.90 Å². The van der Waals surface area contributed by atoms with Crippen LogP contribution >= 0.6 is 11.3 Å². The Balaban J connectivity index is 1.88. The van der Waals surface area contributed by atoms with E-state index in [0.29, 0.717) is 18.9 Å². The summed E-state index contributed by atoms with van der Waals surface area (Å²) in [6.07, 6.45) is 6.69. The zero-order valence-electron chi connectivity index (χ0n) is 10.8. The van der Waals surface area contributed by atoms with Crippen LogP contribution in [0.1, 0.15) is 36.9 Å². The standard InChI is InChI=1S/C14H18N2OS/c1-4-11-7-13(17)16(8-11)6-5-12-9-18-14(15-12)10(2)3/h1,9-11H,5-8H2,2-3H3. The Morgan fingerprint density at radius 3 is 3.00 bits per heavy atom. The average Bonchev–Trinajstić information content (AvgIpc) is 2.93. The number of aromatic nitrogens is 1. The number of rotatable bonds is 4. The summed E-state index contributed by atoms with van der Waals surface area (Å²) in [5.41, 5.74) is 1.08. The molecule has 1 aliphatic rings. The van der Waals surface area contributed by atoms with E-state index in [-0.39, 0.29) is 11.8 Å². The minimum absolute atomic E-state index is 0.0964. The lowest BCUT2D eigenvalue weighted by Crippen LogP contribution is -2.27. The number of terminal acetylenes is 1. The van der Waals surface area contributed by atoms with Crippen molar-refractivity contribution in [2.75, 3.05) is 13.1 Å². The fourth-order valence-electron chi connectivity index (χ4n) is 2.05. The quantitative estimate of drug-likeness (QED) is 0.780. The fourth-order valence-corrected chi connectivity index (χ4v) is 2.92. The van der Waals surface area contributed by atoms with Crippen molar-refractivity contribution in [1.82, 2.24) is 9.88 Å². The molecule has 1 fully saturated rings. The second-order valence-electron chi connectivity index (χ2n) is 4.99. The van der Waals surface area contributed by atoms with E-state index < -0.39 is 0 Å². The molecule has 0 spiro atoms. The number of likely N-dealkylation sites (tertiary alicyclic amines) is 1. The van der Waals surface area contributed by atoms with Crippen molar-refractivity contribution in [1.29, 1.82) is 0 Å². The fraction of sp³-hybridized carbons (Fsp3) is 0.571. The lowest BCUT2D eigenvalue weighted by Gasteiger charge is -2.14. The van der Waals surface area contributed by atoms with Gasteiger partial charge in [-0.2, -0.15) is 0 Å². The Kier molecular flexibility index (Phi) is 4.03. The molecule has 0 aliphatic carbocycles. The van der Waals surface area contributed by atoms with Crippen LogP contribution in [0.25, 0.3) is 0 Å². The molecular formula is C14H18N2OS.